The van der Waals surface area contributed by atoms with Crippen molar-refractivity contribution in [2.24, 2.45) is 5.92 Å². The molecular weight excluding hydrogens is 374 g/mol. The van der Waals surface area contributed by atoms with Gasteiger partial charge >= 0.3 is 5.97 Å². The fraction of sp³-hybridized carbons (Fsp3) is 0.667. The Morgan fingerprint density at radius 3 is 2.81 bits per heavy atom. The van der Waals surface area contributed by atoms with Crippen LogP contribution in [-0.2, 0) is 32.2 Å². The van der Waals surface area contributed by atoms with Crippen LogP contribution in [0.1, 0.15) is 53.2 Å². The van der Waals surface area contributed by atoms with E-state index in [0.29, 0.717) is 17.2 Å². The van der Waals surface area contributed by atoms with Crippen molar-refractivity contribution in [2.75, 3.05) is 11.5 Å². The van der Waals surface area contributed by atoms with Crippen molar-refractivity contribution in [3.05, 3.63) is 21.4 Å². The number of hydrogen-bond donors (Lipinski definition) is 1. The Morgan fingerprint density at radius 2 is 2.15 bits per heavy atom. The number of amides is 1. The molecule has 2 aliphatic rings. The van der Waals surface area contributed by atoms with E-state index in [0.717, 1.165) is 25.7 Å². The zero-order chi connectivity index (χ0) is 18.9. The van der Waals surface area contributed by atoms with Gasteiger partial charge in [-0.3, -0.25) is 4.79 Å². The average Bonchev–Trinajstić information content (AvgIpc) is 3.16. The molecule has 0 aromatic carbocycles. The SMILES string of the molecule is CC[C@@H]1CCc2sc(C(=O)O[C@H](C)C(=O)N[C@@H]3CCS(=O)(=O)C3)cc2C1. The molecule has 1 fully saturated rings. The highest BCUT2D eigenvalue weighted by molar-refractivity contribution is 7.91. The van der Waals surface area contributed by atoms with Crippen LogP contribution in [-0.4, -0.2) is 43.9 Å². The Balaban J connectivity index is 1.56. The molecule has 1 amide bonds. The molecule has 1 aromatic rings. The molecule has 0 radical (unpaired) electrons. The minimum Gasteiger partial charge on any atom is -0.448 e. The molecule has 1 aliphatic carbocycles. The third-order valence-electron chi connectivity index (χ3n) is 5.20. The Labute approximate surface area is 158 Å². The van der Waals surface area contributed by atoms with Gasteiger partial charge in [0.05, 0.1) is 11.5 Å². The van der Waals surface area contributed by atoms with Gasteiger partial charge in [-0.25, -0.2) is 13.2 Å². The summed E-state index contributed by atoms with van der Waals surface area (Å²) < 4.78 is 28.2. The summed E-state index contributed by atoms with van der Waals surface area (Å²) in [4.78, 5) is 26.3. The van der Waals surface area contributed by atoms with Crippen molar-refractivity contribution in [3.8, 4) is 0 Å². The van der Waals surface area contributed by atoms with Crippen LogP contribution in [0.3, 0.4) is 0 Å². The molecule has 6 nitrogen and oxygen atoms in total. The monoisotopic (exact) mass is 399 g/mol. The lowest BCUT2D eigenvalue weighted by atomic mass is 9.87. The standard InChI is InChI=1S/C18H25NO5S2/c1-3-12-4-5-15-13(8-12)9-16(25-15)18(21)24-11(2)17(20)19-14-6-7-26(22,23)10-14/h9,11-12,14H,3-8,10H2,1-2H3,(H,19,20)/t11-,12-,14-/m1/s1. The molecule has 1 saturated heterocycles. The first-order chi connectivity index (χ1) is 12.3. The molecule has 1 aromatic heterocycles. The van der Waals surface area contributed by atoms with Gasteiger partial charge in [0, 0.05) is 10.9 Å². The van der Waals surface area contributed by atoms with Crippen molar-refractivity contribution in [2.45, 2.75) is 58.1 Å². The van der Waals surface area contributed by atoms with Crippen molar-refractivity contribution in [1.29, 1.82) is 0 Å². The second kappa shape index (κ2) is 7.68. The highest BCUT2D eigenvalue weighted by Crippen LogP contribution is 2.33. The van der Waals surface area contributed by atoms with E-state index in [4.69, 9.17) is 4.74 Å². The van der Waals surface area contributed by atoms with Crippen molar-refractivity contribution in [1.82, 2.24) is 5.32 Å². The van der Waals surface area contributed by atoms with Crippen LogP contribution in [0.25, 0.3) is 0 Å². The van der Waals surface area contributed by atoms with Crippen LogP contribution in [0, 0.1) is 5.92 Å². The van der Waals surface area contributed by atoms with Gasteiger partial charge in [-0.15, -0.1) is 11.3 Å². The van der Waals surface area contributed by atoms with Gasteiger partial charge in [0.1, 0.15) is 4.88 Å². The molecule has 0 bridgehead atoms. The maximum absolute atomic E-state index is 12.4. The van der Waals surface area contributed by atoms with Crippen LogP contribution in [0.4, 0.5) is 0 Å². The maximum Gasteiger partial charge on any atom is 0.349 e. The number of esters is 1. The van der Waals surface area contributed by atoms with E-state index in [1.807, 2.05) is 6.07 Å². The number of sulfone groups is 1. The average molecular weight is 400 g/mol. The number of ether oxygens (including phenoxy) is 1. The Hall–Kier alpha value is -1.41. The van der Waals surface area contributed by atoms with Gasteiger partial charge < -0.3 is 10.1 Å². The van der Waals surface area contributed by atoms with Gasteiger partial charge in [0.25, 0.3) is 5.91 Å². The third kappa shape index (κ3) is 4.46. The minimum atomic E-state index is -3.06. The van der Waals surface area contributed by atoms with Gasteiger partial charge in [0.2, 0.25) is 0 Å². The van der Waals surface area contributed by atoms with E-state index in [2.05, 4.69) is 12.2 Å². The zero-order valence-electron chi connectivity index (χ0n) is 15.1. The molecule has 3 atom stereocenters. The maximum atomic E-state index is 12.4. The lowest BCUT2D eigenvalue weighted by Gasteiger charge is -2.19. The summed E-state index contributed by atoms with van der Waals surface area (Å²) in [5.74, 6) is -0.221. The number of aryl methyl sites for hydroxylation is 1. The number of nitrogens with one attached hydrogen (secondary N) is 1. The Kier molecular flexibility index (Phi) is 5.72. The highest BCUT2D eigenvalue weighted by atomic mass is 32.2. The van der Waals surface area contributed by atoms with Gasteiger partial charge in [-0.1, -0.05) is 13.3 Å². The van der Waals surface area contributed by atoms with Gasteiger partial charge in [-0.2, -0.15) is 0 Å². The molecule has 3 rings (SSSR count). The normalized spacial score (nSPS) is 25.3. The number of fused-ring (bicyclic) bond motifs is 1. The number of hydrogen-bond acceptors (Lipinski definition) is 6. The van der Waals surface area contributed by atoms with Crippen LogP contribution < -0.4 is 5.32 Å². The van der Waals surface area contributed by atoms with Crippen molar-refractivity contribution in [3.63, 3.8) is 0 Å². The third-order valence-corrected chi connectivity index (χ3v) is 8.18. The molecule has 8 heteroatoms. The van der Waals surface area contributed by atoms with Crippen molar-refractivity contribution < 1.29 is 22.7 Å². The lowest BCUT2D eigenvalue weighted by Crippen LogP contribution is -2.42. The molecule has 144 valence electrons. The second-order valence-corrected chi connectivity index (χ2v) is 10.6. The number of carbonyl (C=O) groups is 2. The summed E-state index contributed by atoms with van der Waals surface area (Å²) in [6, 6.07) is 1.51. The van der Waals surface area contributed by atoms with Crippen LogP contribution in [0.15, 0.2) is 6.07 Å². The molecule has 0 spiro atoms. The Morgan fingerprint density at radius 1 is 1.38 bits per heavy atom. The zero-order valence-corrected chi connectivity index (χ0v) is 16.7. The van der Waals surface area contributed by atoms with Gasteiger partial charge in [-0.05, 0) is 50.2 Å². The summed E-state index contributed by atoms with van der Waals surface area (Å²) in [5, 5.41) is 2.66. The first-order valence-corrected chi connectivity index (χ1v) is 11.7. The quantitative estimate of drug-likeness (QED) is 0.766. The summed E-state index contributed by atoms with van der Waals surface area (Å²) in [6.45, 7) is 3.70. The summed E-state index contributed by atoms with van der Waals surface area (Å²) in [6.07, 6.45) is 3.75. The first-order valence-electron chi connectivity index (χ1n) is 9.10. The molecular formula is C18H25NO5S2. The minimum absolute atomic E-state index is 0.0460. The fourth-order valence-corrected chi connectivity index (χ4v) is 6.31. The predicted octanol–water partition coefficient (Wildman–Crippen LogP) is 2.11. The number of carbonyl (C=O) groups excluding carboxylic acids is 2. The molecule has 2 heterocycles. The van der Waals surface area contributed by atoms with Crippen LogP contribution in [0.2, 0.25) is 0 Å². The number of thiophene rings is 1. The molecule has 0 saturated carbocycles. The molecule has 1 N–H and O–H groups in total. The summed E-state index contributed by atoms with van der Waals surface area (Å²) in [7, 11) is -3.06. The van der Waals surface area contributed by atoms with E-state index in [1.54, 1.807) is 0 Å². The molecule has 0 unspecified atom stereocenters. The van der Waals surface area contributed by atoms with Crippen LogP contribution >= 0.6 is 11.3 Å². The predicted molar refractivity (Wildman–Crippen MR) is 100 cm³/mol. The van der Waals surface area contributed by atoms with Crippen LogP contribution in [0.5, 0.6) is 0 Å². The van der Waals surface area contributed by atoms with E-state index in [-0.39, 0.29) is 11.5 Å². The lowest BCUT2D eigenvalue weighted by molar-refractivity contribution is -0.129. The molecule has 26 heavy (non-hydrogen) atoms. The largest absolute Gasteiger partial charge is 0.448 e. The smallest absolute Gasteiger partial charge is 0.349 e. The van der Waals surface area contributed by atoms with Gasteiger partial charge in [0.15, 0.2) is 15.9 Å². The summed E-state index contributed by atoms with van der Waals surface area (Å²) >= 11 is 1.46. The first kappa shape index (κ1) is 19.4. The van der Waals surface area contributed by atoms with Crippen molar-refractivity contribution >= 4 is 33.1 Å². The van der Waals surface area contributed by atoms with E-state index >= 15 is 0 Å². The summed E-state index contributed by atoms with van der Waals surface area (Å²) in [5.41, 5.74) is 1.23. The second-order valence-electron chi connectivity index (χ2n) is 7.23. The van der Waals surface area contributed by atoms with E-state index < -0.39 is 33.9 Å². The highest BCUT2D eigenvalue weighted by Gasteiger charge is 2.31. The molecule has 1 aliphatic heterocycles. The Bertz CT molecular complexity index is 799. The van der Waals surface area contributed by atoms with E-state index in [9.17, 15) is 18.0 Å². The van der Waals surface area contributed by atoms with E-state index in [1.165, 1.54) is 28.7 Å². The number of rotatable bonds is 5. The fourth-order valence-electron chi connectivity index (χ4n) is 3.55. The topological polar surface area (TPSA) is 89.5 Å².